The van der Waals surface area contributed by atoms with E-state index in [2.05, 4.69) is 10.2 Å². The Morgan fingerprint density at radius 3 is 2.27 bits per heavy atom. The minimum absolute atomic E-state index is 0.557. The van der Waals surface area contributed by atoms with Gasteiger partial charge in [-0.25, -0.2) is 8.78 Å². The summed E-state index contributed by atoms with van der Waals surface area (Å²) in [6, 6.07) is 10.7. The molecule has 1 heterocycles. The zero-order valence-electron chi connectivity index (χ0n) is 12.0. The highest BCUT2D eigenvalue weighted by Crippen LogP contribution is 2.29. The van der Waals surface area contributed by atoms with Crippen LogP contribution in [0.5, 0.6) is 0 Å². The van der Waals surface area contributed by atoms with Crippen molar-refractivity contribution < 1.29 is 13.6 Å². The van der Waals surface area contributed by atoms with Crippen LogP contribution in [0.3, 0.4) is 0 Å². The Bertz CT molecular complexity index is 677. The highest BCUT2D eigenvalue weighted by atomic mass is 19.1. The molecule has 2 aromatic rings. The number of anilines is 2. The van der Waals surface area contributed by atoms with Gasteiger partial charge in [0.05, 0.1) is 11.4 Å². The topological polar surface area (TPSA) is 32.3 Å². The van der Waals surface area contributed by atoms with Crippen LogP contribution in [0.4, 0.5) is 20.2 Å². The van der Waals surface area contributed by atoms with Gasteiger partial charge in [0.2, 0.25) is 0 Å². The fraction of sp³-hybridized carbons (Fsp3) is 0.235. The van der Waals surface area contributed by atoms with E-state index >= 15 is 0 Å². The summed E-state index contributed by atoms with van der Waals surface area (Å²) in [5.74, 6) is -2.51. The van der Waals surface area contributed by atoms with E-state index in [1.54, 1.807) is 12.1 Å². The minimum atomic E-state index is -0.865. The molecule has 114 valence electrons. The second-order valence-electron chi connectivity index (χ2n) is 5.26. The van der Waals surface area contributed by atoms with Crippen molar-refractivity contribution in [3.8, 4) is 0 Å². The van der Waals surface area contributed by atoms with E-state index in [4.69, 9.17) is 0 Å². The fourth-order valence-corrected chi connectivity index (χ4v) is 2.71. The molecule has 0 aliphatic carbocycles. The summed E-state index contributed by atoms with van der Waals surface area (Å²) in [5, 5.41) is 2.62. The number of rotatable bonds is 3. The number of carbonyl (C=O) groups excluding carboxylic acids is 1. The first kappa shape index (κ1) is 14.5. The van der Waals surface area contributed by atoms with Gasteiger partial charge in [-0.15, -0.1) is 0 Å². The molecule has 0 atom stereocenters. The summed E-state index contributed by atoms with van der Waals surface area (Å²) >= 11 is 0. The third-order valence-corrected chi connectivity index (χ3v) is 3.79. The first-order valence-electron chi connectivity index (χ1n) is 7.26. The summed E-state index contributed by atoms with van der Waals surface area (Å²) in [6.45, 7) is 1.84. The lowest BCUT2D eigenvalue weighted by Crippen LogP contribution is -2.22. The predicted octanol–water partition coefficient (Wildman–Crippen LogP) is 3.82. The molecule has 0 radical (unpaired) electrons. The van der Waals surface area contributed by atoms with E-state index in [-0.39, 0.29) is 0 Å². The number of nitrogens with zero attached hydrogens (tertiary/aromatic N) is 1. The van der Waals surface area contributed by atoms with Crippen molar-refractivity contribution in [2.24, 2.45) is 0 Å². The molecule has 1 aliphatic heterocycles. The fourth-order valence-electron chi connectivity index (χ4n) is 2.71. The van der Waals surface area contributed by atoms with Gasteiger partial charge in [0.25, 0.3) is 5.91 Å². The third kappa shape index (κ3) is 2.79. The molecule has 0 spiro atoms. The molecule has 1 aliphatic rings. The first-order valence-corrected chi connectivity index (χ1v) is 7.26. The van der Waals surface area contributed by atoms with Crippen molar-refractivity contribution in [3.63, 3.8) is 0 Å². The number of benzene rings is 2. The Kier molecular flexibility index (Phi) is 4.04. The van der Waals surface area contributed by atoms with E-state index in [1.807, 2.05) is 12.1 Å². The van der Waals surface area contributed by atoms with Crippen LogP contribution in [0.2, 0.25) is 0 Å². The first-order chi connectivity index (χ1) is 10.7. The van der Waals surface area contributed by atoms with E-state index in [1.165, 1.54) is 6.07 Å². The van der Waals surface area contributed by atoms with E-state index in [0.29, 0.717) is 5.69 Å². The Balaban J connectivity index is 1.88. The summed E-state index contributed by atoms with van der Waals surface area (Å²) in [6.07, 6.45) is 2.20. The molecule has 1 amide bonds. The predicted molar refractivity (Wildman–Crippen MR) is 82.2 cm³/mol. The van der Waals surface area contributed by atoms with Crippen LogP contribution in [0.1, 0.15) is 23.2 Å². The molecular formula is C17H16F2N2O. The molecule has 3 rings (SSSR count). The zero-order valence-corrected chi connectivity index (χ0v) is 12.0. The summed E-state index contributed by atoms with van der Waals surface area (Å²) in [4.78, 5) is 14.4. The van der Waals surface area contributed by atoms with Crippen molar-refractivity contribution >= 4 is 17.3 Å². The number of hydrogen-bond acceptors (Lipinski definition) is 2. The summed E-state index contributed by atoms with van der Waals surface area (Å²) in [5.41, 5.74) is 0.890. The monoisotopic (exact) mass is 302 g/mol. The van der Waals surface area contributed by atoms with Gasteiger partial charge in [0.1, 0.15) is 17.2 Å². The quantitative estimate of drug-likeness (QED) is 0.935. The average Bonchev–Trinajstić information content (AvgIpc) is 3.01. The maximum absolute atomic E-state index is 13.7. The number of para-hydroxylation sites is 2. The third-order valence-electron chi connectivity index (χ3n) is 3.79. The molecule has 0 saturated carbocycles. The van der Waals surface area contributed by atoms with E-state index in [9.17, 15) is 13.6 Å². The van der Waals surface area contributed by atoms with Crippen molar-refractivity contribution in [1.29, 1.82) is 0 Å². The van der Waals surface area contributed by atoms with Gasteiger partial charge in [-0.2, -0.15) is 0 Å². The average molecular weight is 302 g/mol. The lowest BCUT2D eigenvalue weighted by atomic mass is 10.1. The van der Waals surface area contributed by atoms with Gasteiger partial charge >= 0.3 is 0 Å². The number of halogens is 2. The largest absolute Gasteiger partial charge is 0.370 e. The van der Waals surface area contributed by atoms with Gasteiger partial charge in [-0.05, 0) is 37.1 Å². The van der Waals surface area contributed by atoms with Crippen molar-refractivity contribution in [2.75, 3.05) is 23.3 Å². The Morgan fingerprint density at radius 2 is 1.59 bits per heavy atom. The van der Waals surface area contributed by atoms with Crippen LogP contribution >= 0.6 is 0 Å². The van der Waals surface area contributed by atoms with Crippen LogP contribution in [0.15, 0.2) is 42.5 Å². The number of nitrogens with one attached hydrogen (secondary N) is 1. The van der Waals surface area contributed by atoms with E-state index < -0.39 is 23.1 Å². The molecular weight excluding hydrogens is 286 g/mol. The molecule has 3 nitrogen and oxygen atoms in total. The molecule has 0 bridgehead atoms. The second kappa shape index (κ2) is 6.13. The van der Waals surface area contributed by atoms with Crippen LogP contribution < -0.4 is 10.2 Å². The minimum Gasteiger partial charge on any atom is -0.370 e. The van der Waals surface area contributed by atoms with Crippen molar-refractivity contribution in [2.45, 2.75) is 12.8 Å². The van der Waals surface area contributed by atoms with Gasteiger partial charge in [-0.1, -0.05) is 18.2 Å². The van der Waals surface area contributed by atoms with E-state index in [0.717, 1.165) is 43.8 Å². The number of amides is 1. The molecule has 0 unspecified atom stereocenters. The molecule has 5 heteroatoms. The lowest BCUT2D eigenvalue weighted by Gasteiger charge is -2.21. The van der Waals surface area contributed by atoms with Gasteiger partial charge in [0.15, 0.2) is 0 Å². The van der Waals surface area contributed by atoms with Crippen LogP contribution in [0, 0.1) is 11.6 Å². The van der Waals surface area contributed by atoms with Gasteiger partial charge < -0.3 is 10.2 Å². The van der Waals surface area contributed by atoms with Crippen LogP contribution in [-0.4, -0.2) is 19.0 Å². The molecule has 1 N–H and O–H groups in total. The highest BCUT2D eigenvalue weighted by molar-refractivity contribution is 6.06. The Labute approximate surface area is 127 Å². The Morgan fingerprint density at radius 1 is 0.955 bits per heavy atom. The number of hydrogen-bond donors (Lipinski definition) is 1. The van der Waals surface area contributed by atoms with Crippen molar-refractivity contribution in [1.82, 2.24) is 0 Å². The smallest absolute Gasteiger partial charge is 0.261 e. The SMILES string of the molecule is O=C(Nc1ccccc1N1CCCC1)c1c(F)cccc1F. The standard InChI is InChI=1S/C17H16F2N2O/c18-12-6-5-7-13(19)16(12)17(22)20-14-8-1-2-9-15(14)21-10-3-4-11-21/h1-2,5-9H,3-4,10-11H2,(H,20,22). The number of carbonyl (C=O) groups is 1. The summed E-state index contributed by atoms with van der Waals surface area (Å²) in [7, 11) is 0. The Hall–Kier alpha value is -2.43. The molecule has 1 fully saturated rings. The molecule has 22 heavy (non-hydrogen) atoms. The normalized spacial score (nSPS) is 14.2. The second-order valence-corrected chi connectivity index (χ2v) is 5.26. The van der Waals surface area contributed by atoms with Gasteiger partial charge in [-0.3, -0.25) is 4.79 Å². The van der Waals surface area contributed by atoms with Crippen LogP contribution in [-0.2, 0) is 0 Å². The zero-order chi connectivity index (χ0) is 15.5. The highest BCUT2D eigenvalue weighted by Gasteiger charge is 2.20. The van der Waals surface area contributed by atoms with Crippen LogP contribution in [0.25, 0.3) is 0 Å². The van der Waals surface area contributed by atoms with Gasteiger partial charge in [0, 0.05) is 13.1 Å². The molecule has 1 saturated heterocycles. The van der Waals surface area contributed by atoms with Crippen molar-refractivity contribution in [3.05, 3.63) is 59.7 Å². The lowest BCUT2D eigenvalue weighted by molar-refractivity contribution is 0.101. The maximum Gasteiger partial charge on any atom is 0.261 e. The summed E-state index contributed by atoms with van der Waals surface area (Å²) < 4.78 is 27.4. The molecule has 0 aromatic heterocycles. The molecule has 2 aromatic carbocycles. The maximum atomic E-state index is 13.7.